The third-order valence-corrected chi connectivity index (χ3v) is 7.72. The maximum Gasteiger partial charge on any atom is -0.00825 e. The summed E-state index contributed by atoms with van der Waals surface area (Å²) in [6.07, 6.45) is 11.9. The predicted octanol–water partition coefficient (Wildman–Crippen LogP) is 6.39. The van der Waals surface area contributed by atoms with E-state index in [1.54, 1.807) is 5.57 Å². The Labute approximate surface area is 132 Å². The zero-order chi connectivity index (χ0) is 15.4. The highest BCUT2D eigenvalue weighted by atomic mass is 14.7. The molecule has 0 spiro atoms. The Balaban J connectivity index is 1.84. The molecule has 3 rings (SSSR count). The molecular weight excluding hydrogens is 252 g/mol. The quantitative estimate of drug-likeness (QED) is 0.527. The Bertz CT molecular complexity index is 478. The minimum Gasteiger partial charge on any atom is -0.0821 e. The lowest BCUT2D eigenvalue weighted by Crippen LogP contribution is -2.55. The van der Waals surface area contributed by atoms with Crippen molar-refractivity contribution in [3.63, 3.8) is 0 Å². The van der Waals surface area contributed by atoms with Crippen LogP contribution < -0.4 is 0 Å². The first-order valence-electron chi connectivity index (χ1n) is 9.11. The van der Waals surface area contributed by atoms with Crippen LogP contribution >= 0.6 is 0 Å². The highest BCUT2D eigenvalue weighted by molar-refractivity contribution is 5.27. The minimum atomic E-state index is 0.476. The van der Waals surface area contributed by atoms with Crippen molar-refractivity contribution in [3.8, 4) is 0 Å². The van der Waals surface area contributed by atoms with Crippen LogP contribution in [0.1, 0.15) is 73.6 Å². The Morgan fingerprint density at radius 2 is 1.76 bits per heavy atom. The van der Waals surface area contributed by atoms with E-state index in [1.807, 2.05) is 0 Å². The lowest BCUT2D eigenvalue weighted by atomic mass is 9.44. The van der Waals surface area contributed by atoms with Crippen LogP contribution in [-0.4, -0.2) is 0 Å². The van der Waals surface area contributed by atoms with Crippen LogP contribution in [0.15, 0.2) is 23.3 Å². The van der Waals surface area contributed by atoms with E-state index in [1.165, 1.54) is 31.3 Å². The van der Waals surface area contributed by atoms with E-state index in [2.05, 4.69) is 53.7 Å². The molecule has 0 unspecified atom stereocenters. The van der Waals surface area contributed by atoms with Gasteiger partial charge < -0.3 is 0 Å². The van der Waals surface area contributed by atoms with Gasteiger partial charge in [0.15, 0.2) is 0 Å². The summed E-state index contributed by atoms with van der Waals surface area (Å²) in [5, 5.41) is 0. The van der Waals surface area contributed by atoms with Gasteiger partial charge in [-0.15, -0.1) is 0 Å². The lowest BCUT2D eigenvalue weighted by Gasteiger charge is -2.60. The maximum absolute atomic E-state index is 2.62. The summed E-state index contributed by atoms with van der Waals surface area (Å²) in [5.74, 6) is 3.99. The van der Waals surface area contributed by atoms with Crippen molar-refractivity contribution < 1.29 is 0 Å². The van der Waals surface area contributed by atoms with Gasteiger partial charge >= 0.3 is 0 Å². The molecule has 118 valence electrons. The Morgan fingerprint density at radius 3 is 2.43 bits per heavy atom. The first-order chi connectivity index (χ1) is 9.80. The molecule has 0 heterocycles. The zero-order valence-corrected chi connectivity index (χ0v) is 15.0. The van der Waals surface area contributed by atoms with Crippen molar-refractivity contribution in [2.75, 3.05) is 0 Å². The van der Waals surface area contributed by atoms with Gasteiger partial charge in [-0.25, -0.2) is 0 Å². The van der Waals surface area contributed by atoms with Crippen molar-refractivity contribution in [2.45, 2.75) is 73.6 Å². The topological polar surface area (TPSA) is 0 Å². The monoisotopic (exact) mass is 286 g/mol. The fraction of sp³-hybridized carbons (Fsp3) is 0.810. The molecule has 0 nitrogen and oxygen atoms in total. The molecule has 0 bridgehead atoms. The first kappa shape index (κ1) is 15.4. The molecule has 0 amide bonds. The van der Waals surface area contributed by atoms with Gasteiger partial charge in [0.05, 0.1) is 0 Å². The second kappa shape index (κ2) is 5.00. The Kier molecular flexibility index (Phi) is 3.66. The number of rotatable bonds is 3. The van der Waals surface area contributed by atoms with E-state index in [0.717, 1.165) is 30.1 Å². The van der Waals surface area contributed by atoms with Crippen molar-refractivity contribution in [1.29, 1.82) is 0 Å². The molecule has 0 aromatic carbocycles. The van der Waals surface area contributed by atoms with E-state index >= 15 is 0 Å². The van der Waals surface area contributed by atoms with E-state index in [4.69, 9.17) is 0 Å². The van der Waals surface area contributed by atoms with Gasteiger partial charge in [0.25, 0.3) is 0 Å². The van der Waals surface area contributed by atoms with Gasteiger partial charge in [0.1, 0.15) is 0 Å². The SMILES string of the molecule is CC(C)=CC/C=C(/C)[C@@]1(C)CC[C@]2(C)[C@H]3CC[C@@H](C)[C@H]3[C@@H]21. The van der Waals surface area contributed by atoms with Gasteiger partial charge in [-0.05, 0) is 81.0 Å². The third-order valence-electron chi connectivity index (χ3n) is 7.72. The molecule has 0 aliphatic heterocycles. The summed E-state index contributed by atoms with van der Waals surface area (Å²) in [7, 11) is 0. The van der Waals surface area contributed by atoms with Crippen molar-refractivity contribution in [2.24, 2.45) is 34.5 Å². The Morgan fingerprint density at radius 1 is 1.05 bits per heavy atom. The van der Waals surface area contributed by atoms with E-state index in [-0.39, 0.29) is 0 Å². The first-order valence-corrected chi connectivity index (χ1v) is 9.11. The van der Waals surface area contributed by atoms with Crippen LogP contribution in [0, 0.1) is 34.5 Å². The summed E-state index contributed by atoms with van der Waals surface area (Å²) < 4.78 is 0. The molecule has 0 saturated heterocycles. The highest BCUT2D eigenvalue weighted by Gasteiger charge is 2.70. The molecule has 0 radical (unpaired) electrons. The number of hydrogen-bond acceptors (Lipinski definition) is 0. The van der Waals surface area contributed by atoms with Crippen molar-refractivity contribution in [1.82, 2.24) is 0 Å². The number of fused-ring (bicyclic) bond motifs is 4. The normalized spacial score (nSPS) is 48.6. The van der Waals surface area contributed by atoms with Gasteiger partial charge in [0, 0.05) is 0 Å². The van der Waals surface area contributed by atoms with Gasteiger partial charge in [-0.1, -0.05) is 50.5 Å². The van der Waals surface area contributed by atoms with Crippen LogP contribution in [0.4, 0.5) is 0 Å². The van der Waals surface area contributed by atoms with Crippen LogP contribution in [-0.2, 0) is 0 Å². The Hall–Kier alpha value is -0.520. The second-order valence-electron chi connectivity index (χ2n) is 9.04. The van der Waals surface area contributed by atoms with Crippen molar-refractivity contribution >= 4 is 0 Å². The summed E-state index contributed by atoms with van der Waals surface area (Å²) in [4.78, 5) is 0. The average molecular weight is 287 g/mol. The van der Waals surface area contributed by atoms with Crippen LogP contribution in [0.2, 0.25) is 0 Å². The van der Waals surface area contributed by atoms with Gasteiger partial charge in [-0.3, -0.25) is 0 Å². The summed E-state index contributed by atoms with van der Waals surface area (Å²) >= 11 is 0. The summed E-state index contributed by atoms with van der Waals surface area (Å²) in [6, 6.07) is 0. The molecular formula is C21H34. The second-order valence-corrected chi connectivity index (χ2v) is 9.04. The molecule has 3 aliphatic carbocycles. The summed E-state index contributed by atoms with van der Waals surface area (Å²) in [5.41, 5.74) is 4.25. The van der Waals surface area contributed by atoms with Gasteiger partial charge in [-0.2, -0.15) is 0 Å². The molecule has 0 aromatic rings. The zero-order valence-electron chi connectivity index (χ0n) is 15.0. The smallest absolute Gasteiger partial charge is 0.00825 e. The average Bonchev–Trinajstić information content (AvgIpc) is 2.83. The molecule has 0 heteroatoms. The molecule has 3 aliphatic rings. The molecule has 0 N–H and O–H groups in total. The predicted molar refractivity (Wildman–Crippen MR) is 92.1 cm³/mol. The van der Waals surface area contributed by atoms with E-state index in [9.17, 15) is 0 Å². The fourth-order valence-electron chi connectivity index (χ4n) is 6.43. The van der Waals surface area contributed by atoms with Gasteiger partial charge in [0.2, 0.25) is 0 Å². The largest absolute Gasteiger partial charge is 0.0821 e. The molecule has 3 fully saturated rings. The molecule has 21 heavy (non-hydrogen) atoms. The molecule has 6 atom stereocenters. The number of hydrogen-bond donors (Lipinski definition) is 0. The highest BCUT2D eigenvalue weighted by Crippen LogP contribution is 2.76. The molecule has 0 aromatic heterocycles. The summed E-state index contributed by atoms with van der Waals surface area (Å²) in [6.45, 7) is 14.5. The lowest BCUT2D eigenvalue weighted by molar-refractivity contribution is -0.115. The minimum absolute atomic E-state index is 0.476. The van der Waals surface area contributed by atoms with Crippen molar-refractivity contribution in [3.05, 3.63) is 23.3 Å². The van der Waals surface area contributed by atoms with Crippen LogP contribution in [0.25, 0.3) is 0 Å². The molecule has 3 saturated carbocycles. The number of allylic oxidation sites excluding steroid dienone is 4. The van der Waals surface area contributed by atoms with Crippen LogP contribution in [0.5, 0.6) is 0 Å². The fourth-order valence-corrected chi connectivity index (χ4v) is 6.43. The third kappa shape index (κ3) is 2.08. The van der Waals surface area contributed by atoms with Crippen LogP contribution in [0.3, 0.4) is 0 Å². The van der Waals surface area contributed by atoms with E-state index in [0.29, 0.717) is 10.8 Å². The maximum atomic E-state index is 2.62. The standard InChI is InChI=1S/C21H34/c1-14(2)8-7-9-16(4)20(5)12-13-21(6)17-11-10-15(3)18(17)19(20)21/h8-9,15,17-19H,7,10-13H2,1-6H3/b16-9-/t15-,17+,18-,19-,20-,21-/m1/s1. The van der Waals surface area contributed by atoms with E-state index < -0.39 is 0 Å².